The first-order valence-corrected chi connectivity index (χ1v) is 28.6. The maximum absolute atomic E-state index is 6.66. The molecule has 0 spiro atoms. The second kappa shape index (κ2) is 9.19. The standard InChI is InChI=1S/C12H39O3Si7/c1-11-12-22(19(5,6)13-16-2,20(7,8)14-17-3)21(9,10)15-18-4/h1,11-12,16-18H2,2-10H3. The van der Waals surface area contributed by atoms with Crippen LogP contribution in [0.15, 0.2) is 0 Å². The highest BCUT2D eigenvalue weighted by atomic mass is 29.9. The van der Waals surface area contributed by atoms with Gasteiger partial charge in [0.2, 0.25) is 0 Å². The molecular formula is C12H39O3Si7. The lowest BCUT2D eigenvalue weighted by Gasteiger charge is -2.58. The molecule has 0 N–H and O–H groups in total. The van der Waals surface area contributed by atoms with Gasteiger partial charge in [-0.3, -0.25) is 0 Å². The second-order valence-corrected chi connectivity index (χ2v) is 46.9. The van der Waals surface area contributed by atoms with Crippen molar-refractivity contribution in [3.63, 3.8) is 0 Å². The number of hydrogen-bond donors (Lipinski definition) is 0. The van der Waals surface area contributed by atoms with Crippen LogP contribution in [-0.4, -0.2) is 59.4 Å². The zero-order valence-corrected chi connectivity index (χ0v) is 24.7. The lowest BCUT2D eigenvalue weighted by Crippen LogP contribution is -2.87. The predicted octanol–water partition coefficient (Wildman–Crippen LogP) is 1.96. The van der Waals surface area contributed by atoms with Gasteiger partial charge in [-0.1, -0.05) is 39.0 Å². The van der Waals surface area contributed by atoms with Crippen molar-refractivity contribution in [3.8, 4) is 0 Å². The average Bonchev–Trinajstić information content (AvgIpc) is 2.34. The summed E-state index contributed by atoms with van der Waals surface area (Å²) in [4.78, 5) is 0. The Kier molecular flexibility index (Phi) is 9.78. The highest BCUT2D eigenvalue weighted by Gasteiger charge is 2.69. The molecular weight excluding hydrogens is 389 g/mol. The molecule has 1 radical (unpaired) electrons. The Bertz CT molecular complexity index is 291. The van der Waals surface area contributed by atoms with Crippen LogP contribution in [0.25, 0.3) is 0 Å². The SMILES string of the molecule is [CH2]CC[Si]([Si](C)(C)O[SiH2]C)([Si](C)(C)O[SiH2]C)[Si](C)(C)O[SiH2]C. The molecule has 0 aliphatic heterocycles. The highest BCUT2D eigenvalue weighted by molar-refractivity contribution is 7.87. The van der Waals surface area contributed by atoms with Gasteiger partial charge in [0.25, 0.3) is 0 Å². The second-order valence-electron chi connectivity index (χ2n) is 7.34. The number of rotatable bonds is 11. The molecule has 0 rings (SSSR count). The molecule has 0 aliphatic rings. The number of hydrogen-bond acceptors (Lipinski definition) is 3. The quantitative estimate of drug-likeness (QED) is 0.472. The normalized spacial score (nSPS) is 18.3. The van der Waals surface area contributed by atoms with Crippen LogP contribution in [0, 0.1) is 6.92 Å². The van der Waals surface area contributed by atoms with E-state index in [1.807, 2.05) is 0 Å². The lowest BCUT2D eigenvalue weighted by molar-refractivity contribution is 0.592. The summed E-state index contributed by atoms with van der Waals surface area (Å²) in [6.07, 6.45) is 1.02. The predicted molar refractivity (Wildman–Crippen MR) is 119 cm³/mol. The van der Waals surface area contributed by atoms with Gasteiger partial charge in [0.15, 0.2) is 23.5 Å². The van der Waals surface area contributed by atoms with Gasteiger partial charge in [-0.2, -0.15) is 0 Å². The summed E-state index contributed by atoms with van der Waals surface area (Å²) in [6.45, 7) is 24.3. The molecule has 0 saturated heterocycles. The Morgan fingerprint density at radius 1 is 0.682 bits per heavy atom. The van der Waals surface area contributed by atoms with E-state index in [-0.39, 0.29) is 0 Å². The van der Waals surface area contributed by atoms with Crippen molar-refractivity contribution in [2.24, 2.45) is 0 Å². The summed E-state index contributed by atoms with van der Waals surface area (Å²) >= 11 is 0. The van der Waals surface area contributed by atoms with Crippen LogP contribution in [0.5, 0.6) is 0 Å². The fourth-order valence-corrected chi connectivity index (χ4v) is 105. The molecule has 0 atom stereocenters. The van der Waals surface area contributed by atoms with Crippen molar-refractivity contribution < 1.29 is 12.3 Å². The molecule has 133 valence electrons. The van der Waals surface area contributed by atoms with E-state index >= 15 is 0 Å². The Morgan fingerprint density at radius 3 is 1.14 bits per heavy atom. The maximum atomic E-state index is 6.66. The van der Waals surface area contributed by atoms with Gasteiger partial charge in [0, 0.05) is 0 Å². The molecule has 0 aliphatic carbocycles. The van der Waals surface area contributed by atoms with Gasteiger partial charge in [0.1, 0.15) is 35.9 Å². The lowest BCUT2D eigenvalue weighted by atomic mass is 10.6. The molecule has 0 unspecified atom stereocenters. The smallest absolute Gasteiger partial charge is 0.160 e. The third-order valence-corrected chi connectivity index (χ3v) is 81.7. The third-order valence-electron chi connectivity index (χ3n) is 5.15. The molecule has 0 heterocycles. The zero-order chi connectivity index (χ0) is 17.7. The van der Waals surface area contributed by atoms with Gasteiger partial charge < -0.3 is 12.3 Å². The molecule has 0 saturated carbocycles. The van der Waals surface area contributed by atoms with Crippen molar-refractivity contribution in [1.29, 1.82) is 0 Å². The van der Waals surface area contributed by atoms with Crippen molar-refractivity contribution in [1.82, 2.24) is 0 Å². The van der Waals surface area contributed by atoms with E-state index in [2.05, 4.69) is 65.8 Å². The first-order valence-electron chi connectivity index (χ1n) is 8.70. The molecule has 0 aromatic carbocycles. The summed E-state index contributed by atoms with van der Waals surface area (Å²) in [5.74, 6) is 0. The molecule has 10 heteroatoms. The Morgan fingerprint density at radius 2 is 0.955 bits per heavy atom. The van der Waals surface area contributed by atoms with Crippen LogP contribution in [-0.2, 0) is 12.3 Å². The summed E-state index contributed by atoms with van der Waals surface area (Å²) < 4.78 is 20.0. The van der Waals surface area contributed by atoms with Gasteiger partial charge in [-0.25, -0.2) is 0 Å². The van der Waals surface area contributed by atoms with Gasteiger partial charge >= 0.3 is 0 Å². The third kappa shape index (κ3) is 4.52. The minimum absolute atomic E-state index is 0.399. The fraction of sp³-hybridized carbons (Fsp3) is 0.917. The van der Waals surface area contributed by atoms with Crippen molar-refractivity contribution in [3.05, 3.63) is 6.92 Å². The first-order chi connectivity index (χ1) is 9.99. The van der Waals surface area contributed by atoms with Crippen LogP contribution in [0.2, 0.25) is 65.0 Å². The summed E-state index contributed by atoms with van der Waals surface area (Å²) in [6, 6.07) is 1.27. The van der Waals surface area contributed by atoms with Gasteiger partial charge in [0.05, 0.1) is 0 Å². The van der Waals surface area contributed by atoms with E-state index in [4.69, 9.17) is 12.3 Å². The van der Waals surface area contributed by atoms with E-state index in [0.29, 0.717) is 0 Å². The average molecular weight is 428 g/mol. The van der Waals surface area contributed by atoms with E-state index in [1.165, 1.54) is 6.04 Å². The topological polar surface area (TPSA) is 27.7 Å². The van der Waals surface area contributed by atoms with Crippen LogP contribution >= 0.6 is 0 Å². The minimum atomic E-state index is -1.77. The molecule has 0 aromatic heterocycles. The molecule has 0 amide bonds. The van der Waals surface area contributed by atoms with Crippen LogP contribution in [0.3, 0.4) is 0 Å². The molecule has 0 aromatic rings. The largest absolute Gasteiger partial charge is 0.463 e. The van der Waals surface area contributed by atoms with Crippen LogP contribution < -0.4 is 0 Å². The zero-order valence-electron chi connectivity index (χ0n) is 16.5. The van der Waals surface area contributed by atoms with Crippen molar-refractivity contribution in [2.75, 3.05) is 0 Å². The fourth-order valence-electron chi connectivity index (χ4n) is 4.80. The molecule has 3 nitrogen and oxygen atoms in total. The molecule has 0 bridgehead atoms. The van der Waals surface area contributed by atoms with E-state index in [9.17, 15) is 0 Å². The summed E-state index contributed by atoms with van der Waals surface area (Å²) in [5.41, 5.74) is 0. The van der Waals surface area contributed by atoms with Crippen molar-refractivity contribution >= 4 is 59.4 Å². The Labute approximate surface area is 149 Å². The highest BCUT2D eigenvalue weighted by Crippen LogP contribution is 2.41. The Hall–Kier alpha value is 1.40. The monoisotopic (exact) mass is 427 g/mol. The van der Waals surface area contributed by atoms with Gasteiger partial charge in [-0.15, -0.1) is 0 Å². The van der Waals surface area contributed by atoms with E-state index < -0.39 is 59.4 Å². The molecule has 22 heavy (non-hydrogen) atoms. The van der Waals surface area contributed by atoms with Crippen LogP contribution in [0.1, 0.15) is 6.42 Å². The molecule has 0 fully saturated rings. The first kappa shape index (κ1) is 23.4. The minimum Gasteiger partial charge on any atom is -0.463 e. The van der Waals surface area contributed by atoms with E-state index in [1.54, 1.807) is 0 Å². The van der Waals surface area contributed by atoms with Crippen LogP contribution in [0.4, 0.5) is 0 Å². The van der Waals surface area contributed by atoms with Gasteiger partial charge in [-0.05, 0) is 39.3 Å². The Balaban J connectivity index is 6.31. The van der Waals surface area contributed by atoms with E-state index in [0.717, 1.165) is 6.42 Å². The maximum Gasteiger partial charge on any atom is 0.160 e. The summed E-state index contributed by atoms with van der Waals surface area (Å²) in [7, 11) is -6.51. The summed E-state index contributed by atoms with van der Waals surface area (Å²) in [5, 5.41) is 0. The van der Waals surface area contributed by atoms with Crippen molar-refractivity contribution in [2.45, 2.75) is 71.4 Å².